The van der Waals surface area contributed by atoms with Crippen LogP contribution in [0, 0.1) is 3.57 Å². The molecule has 0 bridgehead atoms. The average Bonchev–Trinajstić information content (AvgIpc) is 3.21. The molecule has 0 fully saturated rings. The SMILES string of the molecule is Nc1ncnc2c1nc(Sc1cc3c(cc1I)OCO3)n2C[C@H](N)C(=O)O. The van der Waals surface area contributed by atoms with Gasteiger partial charge in [-0.05, 0) is 34.7 Å². The molecule has 3 aromatic rings. The molecule has 1 aliphatic heterocycles. The molecule has 3 heterocycles. The summed E-state index contributed by atoms with van der Waals surface area (Å²) in [4.78, 5) is 24.7. The van der Waals surface area contributed by atoms with Gasteiger partial charge in [-0.1, -0.05) is 11.8 Å². The Labute approximate surface area is 170 Å². The molecule has 0 aliphatic carbocycles. The van der Waals surface area contributed by atoms with Crippen LogP contribution in [-0.2, 0) is 11.3 Å². The Balaban J connectivity index is 1.79. The number of halogens is 1. The second-order valence-electron chi connectivity index (χ2n) is 5.62. The number of carbonyl (C=O) groups is 1. The molecular weight excluding hydrogens is 487 g/mol. The van der Waals surface area contributed by atoms with Gasteiger partial charge in [-0.25, -0.2) is 15.0 Å². The molecule has 27 heavy (non-hydrogen) atoms. The lowest BCUT2D eigenvalue weighted by atomic mass is 10.3. The molecule has 4 rings (SSSR count). The molecule has 10 nitrogen and oxygen atoms in total. The molecule has 1 aliphatic rings. The van der Waals surface area contributed by atoms with Crippen LogP contribution in [0.2, 0.25) is 0 Å². The molecule has 0 unspecified atom stereocenters. The number of nitrogen functional groups attached to an aromatic ring is 1. The number of carboxylic acid groups (broad SMARTS) is 1. The van der Waals surface area contributed by atoms with Crippen LogP contribution in [0.3, 0.4) is 0 Å². The third-order valence-corrected chi connectivity index (χ3v) is 6.16. The second-order valence-corrected chi connectivity index (χ2v) is 7.79. The lowest BCUT2D eigenvalue weighted by Gasteiger charge is -2.12. The quantitative estimate of drug-likeness (QED) is 0.438. The summed E-state index contributed by atoms with van der Waals surface area (Å²) in [6.07, 6.45) is 1.31. The number of anilines is 1. The van der Waals surface area contributed by atoms with Crippen molar-refractivity contribution in [3.05, 3.63) is 22.0 Å². The molecule has 0 radical (unpaired) electrons. The van der Waals surface area contributed by atoms with Gasteiger partial charge in [0.15, 0.2) is 33.6 Å². The van der Waals surface area contributed by atoms with Gasteiger partial charge in [0.25, 0.3) is 0 Å². The number of aliphatic carboxylic acids is 1. The summed E-state index contributed by atoms with van der Waals surface area (Å²) in [5.74, 6) is 0.416. The van der Waals surface area contributed by atoms with Crippen molar-refractivity contribution in [3.8, 4) is 11.5 Å². The maximum absolute atomic E-state index is 11.2. The Kier molecular flexibility index (Phi) is 4.69. The van der Waals surface area contributed by atoms with E-state index < -0.39 is 12.0 Å². The fourth-order valence-electron chi connectivity index (χ4n) is 2.53. The highest BCUT2D eigenvalue weighted by molar-refractivity contribution is 14.1. The Morgan fingerprint density at radius 2 is 2.11 bits per heavy atom. The first kappa shape index (κ1) is 18.1. The van der Waals surface area contributed by atoms with Crippen LogP contribution in [-0.4, -0.2) is 43.4 Å². The molecule has 1 aromatic carbocycles. The van der Waals surface area contributed by atoms with Gasteiger partial charge in [-0.2, -0.15) is 0 Å². The maximum Gasteiger partial charge on any atom is 0.322 e. The monoisotopic (exact) mass is 500 g/mol. The average molecular weight is 500 g/mol. The van der Waals surface area contributed by atoms with Crippen LogP contribution >= 0.6 is 34.4 Å². The highest BCUT2D eigenvalue weighted by Gasteiger charge is 2.23. The first-order chi connectivity index (χ1) is 12.9. The van der Waals surface area contributed by atoms with Crippen molar-refractivity contribution in [3.63, 3.8) is 0 Å². The van der Waals surface area contributed by atoms with Crippen LogP contribution in [0.5, 0.6) is 11.5 Å². The molecule has 0 saturated carbocycles. The van der Waals surface area contributed by atoms with Gasteiger partial charge in [-0.15, -0.1) is 0 Å². The predicted molar refractivity (Wildman–Crippen MR) is 105 cm³/mol. The number of rotatable bonds is 5. The molecule has 0 saturated heterocycles. The second kappa shape index (κ2) is 7.01. The molecule has 12 heteroatoms. The van der Waals surface area contributed by atoms with Gasteiger partial charge in [0.2, 0.25) is 6.79 Å². The third-order valence-electron chi connectivity index (χ3n) is 3.85. The summed E-state index contributed by atoms with van der Waals surface area (Å²) in [6.45, 7) is 0.170. The van der Waals surface area contributed by atoms with Crippen molar-refractivity contribution in [2.45, 2.75) is 22.6 Å². The Bertz CT molecular complexity index is 1060. The van der Waals surface area contributed by atoms with E-state index in [9.17, 15) is 9.90 Å². The minimum absolute atomic E-state index is 0.00818. The highest BCUT2D eigenvalue weighted by atomic mass is 127. The minimum atomic E-state index is -1.12. The number of fused-ring (bicyclic) bond motifs is 2. The third kappa shape index (κ3) is 3.35. The van der Waals surface area contributed by atoms with Gasteiger partial charge in [0, 0.05) is 8.47 Å². The molecule has 5 N–H and O–H groups in total. The number of nitrogens with zero attached hydrogens (tertiary/aromatic N) is 4. The number of aromatic nitrogens is 4. The van der Waals surface area contributed by atoms with Crippen LogP contribution < -0.4 is 20.9 Å². The minimum Gasteiger partial charge on any atom is -0.480 e. The van der Waals surface area contributed by atoms with Gasteiger partial charge in [0.05, 0.1) is 6.54 Å². The fraction of sp³-hybridized carbons (Fsp3) is 0.200. The van der Waals surface area contributed by atoms with E-state index >= 15 is 0 Å². The number of hydrogen-bond acceptors (Lipinski definition) is 9. The first-order valence-electron chi connectivity index (χ1n) is 7.66. The van der Waals surface area contributed by atoms with Gasteiger partial charge in [0.1, 0.15) is 12.4 Å². The Morgan fingerprint density at radius 1 is 1.37 bits per heavy atom. The Hall–Kier alpha value is -2.32. The molecule has 0 amide bonds. The van der Waals surface area contributed by atoms with Crippen LogP contribution in [0.25, 0.3) is 11.2 Å². The molecule has 2 aromatic heterocycles. The maximum atomic E-state index is 11.2. The molecular formula is C15H13IN6O4S. The predicted octanol–water partition coefficient (Wildman–Crippen LogP) is 1.30. The van der Waals surface area contributed by atoms with Crippen LogP contribution in [0.1, 0.15) is 0 Å². The van der Waals surface area contributed by atoms with E-state index in [-0.39, 0.29) is 19.2 Å². The zero-order valence-electron chi connectivity index (χ0n) is 13.6. The van der Waals surface area contributed by atoms with Crippen molar-refractivity contribution in [2.75, 3.05) is 12.5 Å². The fourth-order valence-corrected chi connectivity index (χ4v) is 4.22. The number of imidazole rings is 1. The Morgan fingerprint density at radius 3 is 2.85 bits per heavy atom. The first-order valence-corrected chi connectivity index (χ1v) is 9.55. The van der Waals surface area contributed by atoms with Crippen molar-refractivity contribution >= 4 is 57.3 Å². The van der Waals surface area contributed by atoms with Gasteiger partial charge in [-0.3, -0.25) is 4.79 Å². The lowest BCUT2D eigenvalue weighted by molar-refractivity contribution is -0.138. The number of benzene rings is 1. The van der Waals surface area contributed by atoms with E-state index in [2.05, 4.69) is 37.5 Å². The molecule has 140 valence electrons. The van der Waals surface area contributed by atoms with Crippen LogP contribution in [0.15, 0.2) is 28.5 Å². The van der Waals surface area contributed by atoms with Gasteiger partial charge >= 0.3 is 5.97 Å². The number of hydrogen-bond donors (Lipinski definition) is 3. The summed E-state index contributed by atoms with van der Waals surface area (Å²) < 4.78 is 13.4. The van der Waals surface area contributed by atoms with Crippen LogP contribution in [0.4, 0.5) is 5.82 Å². The van der Waals surface area contributed by atoms with E-state index in [1.807, 2.05) is 12.1 Å². The van der Waals surface area contributed by atoms with Crippen molar-refractivity contribution in [1.82, 2.24) is 19.5 Å². The number of ether oxygens (including phenoxy) is 2. The topological polar surface area (TPSA) is 151 Å². The van der Waals surface area contributed by atoms with Gasteiger partial charge < -0.3 is 30.6 Å². The lowest BCUT2D eigenvalue weighted by Crippen LogP contribution is -2.34. The smallest absolute Gasteiger partial charge is 0.322 e. The summed E-state index contributed by atoms with van der Waals surface area (Å²) >= 11 is 3.52. The molecule has 0 spiro atoms. The molecule has 1 atom stereocenters. The zero-order chi connectivity index (χ0) is 19.1. The van der Waals surface area contributed by atoms with Crippen molar-refractivity contribution in [2.24, 2.45) is 5.73 Å². The summed E-state index contributed by atoms with van der Waals surface area (Å²) in [5.41, 5.74) is 12.5. The standard InChI is InChI=1S/C15H13IN6O4S/c16-6-1-8-9(26-5-25-8)2-10(6)27-15-21-11-12(18)19-4-20-13(11)22(15)3-7(17)14(23)24/h1-2,4,7H,3,5,17H2,(H,23,24)(H2,18,19,20)/t7-/m0/s1. The number of carboxylic acids is 1. The summed E-state index contributed by atoms with van der Waals surface area (Å²) in [6, 6.07) is 2.61. The van der Waals surface area contributed by atoms with Crippen molar-refractivity contribution in [1.29, 1.82) is 0 Å². The largest absolute Gasteiger partial charge is 0.480 e. The summed E-state index contributed by atoms with van der Waals surface area (Å²) in [7, 11) is 0. The van der Waals surface area contributed by atoms with E-state index in [4.69, 9.17) is 20.9 Å². The zero-order valence-corrected chi connectivity index (χ0v) is 16.6. The normalized spacial score (nSPS) is 13.9. The van der Waals surface area contributed by atoms with E-state index in [1.165, 1.54) is 18.1 Å². The summed E-state index contributed by atoms with van der Waals surface area (Å²) in [5, 5.41) is 9.69. The number of nitrogens with two attached hydrogens (primary N) is 2. The highest BCUT2D eigenvalue weighted by Crippen LogP contribution is 2.41. The van der Waals surface area contributed by atoms with E-state index in [0.717, 1.165) is 8.47 Å². The van der Waals surface area contributed by atoms with E-state index in [0.29, 0.717) is 27.8 Å². The van der Waals surface area contributed by atoms with Crippen molar-refractivity contribution < 1.29 is 19.4 Å². The van der Waals surface area contributed by atoms with E-state index in [1.54, 1.807) is 4.57 Å².